The fraction of sp³-hybridized carbons (Fsp3) is 0. The molecule has 0 atom stereocenters. The van der Waals surface area contributed by atoms with Crippen molar-refractivity contribution in [3.63, 3.8) is 0 Å². The van der Waals surface area contributed by atoms with E-state index in [1.54, 1.807) is 18.2 Å². The summed E-state index contributed by atoms with van der Waals surface area (Å²) in [7, 11) is 0. The molecule has 1 amide bonds. The van der Waals surface area contributed by atoms with Crippen LogP contribution in [0.4, 0.5) is 10.8 Å². The van der Waals surface area contributed by atoms with Crippen LogP contribution in [0.2, 0.25) is 0 Å². The molecule has 0 aliphatic heterocycles. The van der Waals surface area contributed by atoms with E-state index in [1.807, 2.05) is 78.2 Å². The van der Waals surface area contributed by atoms with E-state index in [0.717, 1.165) is 32.8 Å². The molecular formula is C27H20N4O2S. The van der Waals surface area contributed by atoms with Crippen LogP contribution in [0.1, 0.15) is 15.9 Å². The van der Waals surface area contributed by atoms with Crippen LogP contribution >= 0.6 is 11.3 Å². The standard InChI is InChI=1S/C27H20N4O2S/c32-25-15-12-18-6-4-5-9-22(18)23(25)16-28-31-26(33)20-10-13-21(14-11-20)29-27-30-24(17-34-27)19-7-2-1-3-8-19/h1-17,32H,(H,29,30)(H,31,33)/b28-16+. The zero-order valence-electron chi connectivity index (χ0n) is 18.0. The normalized spacial score (nSPS) is 11.1. The van der Waals surface area contributed by atoms with Crippen molar-refractivity contribution < 1.29 is 9.90 Å². The number of phenolic OH excluding ortho intramolecular Hbond substituents is 1. The molecule has 0 saturated heterocycles. The summed E-state index contributed by atoms with van der Waals surface area (Å²) >= 11 is 1.52. The maximum atomic E-state index is 12.5. The number of phenols is 1. The van der Waals surface area contributed by atoms with Crippen molar-refractivity contribution in [2.24, 2.45) is 5.10 Å². The summed E-state index contributed by atoms with van der Waals surface area (Å²) in [5.74, 6) is -0.243. The minimum absolute atomic E-state index is 0.102. The van der Waals surface area contributed by atoms with Crippen molar-refractivity contribution >= 4 is 45.0 Å². The summed E-state index contributed by atoms with van der Waals surface area (Å²) in [6.45, 7) is 0. The largest absolute Gasteiger partial charge is 0.507 e. The Hall–Kier alpha value is -4.49. The van der Waals surface area contributed by atoms with E-state index in [1.165, 1.54) is 17.6 Å². The molecular weight excluding hydrogens is 444 g/mol. The smallest absolute Gasteiger partial charge is 0.271 e. The van der Waals surface area contributed by atoms with Gasteiger partial charge < -0.3 is 10.4 Å². The SMILES string of the molecule is O=C(N/N=C/c1c(O)ccc2ccccc12)c1ccc(Nc2nc(-c3ccccc3)cs2)cc1. The number of aromatic nitrogens is 1. The molecule has 7 heteroatoms. The summed E-state index contributed by atoms with van der Waals surface area (Å²) < 4.78 is 0. The lowest BCUT2D eigenvalue weighted by Crippen LogP contribution is -2.17. The van der Waals surface area contributed by atoms with Crippen LogP contribution < -0.4 is 10.7 Å². The average molecular weight is 465 g/mol. The summed E-state index contributed by atoms with van der Waals surface area (Å²) in [6.07, 6.45) is 1.46. The first-order chi connectivity index (χ1) is 16.7. The summed E-state index contributed by atoms with van der Waals surface area (Å²) in [5.41, 5.74) is 6.35. The number of amides is 1. The van der Waals surface area contributed by atoms with Gasteiger partial charge in [-0.3, -0.25) is 4.79 Å². The van der Waals surface area contributed by atoms with Crippen LogP contribution in [0.5, 0.6) is 5.75 Å². The molecule has 1 aromatic heterocycles. The number of carbonyl (C=O) groups excluding carboxylic acids is 1. The first-order valence-corrected chi connectivity index (χ1v) is 11.5. The number of nitrogens with one attached hydrogen (secondary N) is 2. The van der Waals surface area contributed by atoms with E-state index in [4.69, 9.17) is 0 Å². The molecule has 0 aliphatic carbocycles. The summed E-state index contributed by atoms with van der Waals surface area (Å²) in [4.78, 5) is 17.1. The Balaban J connectivity index is 1.23. The quantitative estimate of drug-likeness (QED) is 0.207. The predicted molar refractivity (Wildman–Crippen MR) is 138 cm³/mol. The lowest BCUT2D eigenvalue weighted by molar-refractivity contribution is 0.0955. The highest BCUT2D eigenvalue weighted by Crippen LogP contribution is 2.27. The monoisotopic (exact) mass is 464 g/mol. The third-order valence-corrected chi connectivity index (χ3v) is 6.04. The van der Waals surface area contributed by atoms with Crippen LogP contribution in [0, 0.1) is 0 Å². The van der Waals surface area contributed by atoms with Gasteiger partial charge in [-0.25, -0.2) is 10.4 Å². The third-order valence-electron chi connectivity index (χ3n) is 5.28. The Morgan fingerprint density at radius 2 is 1.68 bits per heavy atom. The van der Waals surface area contributed by atoms with Crippen molar-refractivity contribution in [1.29, 1.82) is 0 Å². The number of hydrazone groups is 1. The van der Waals surface area contributed by atoms with Crippen LogP contribution in [0.3, 0.4) is 0 Å². The molecule has 0 aliphatic rings. The van der Waals surface area contributed by atoms with Gasteiger partial charge in [0.25, 0.3) is 5.91 Å². The molecule has 5 aromatic rings. The highest BCUT2D eigenvalue weighted by molar-refractivity contribution is 7.14. The van der Waals surface area contributed by atoms with Crippen molar-refractivity contribution in [3.05, 3.63) is 108 Å². The Bertz CT molecular complexity index is 1480. The molecule has 0 unspecified atom stereocenters. The van der Waals surface area contributed by atoms with Crippen molar-refractivity contribution in [2.75, 3.05) is 5.32 Å². The zero-order chi connectivity index (χ0) is 23.3. The molecule has 0 radical (unpaired) electrons. The molecule has 0 saturated carbocycles. The van der Waals surface area contributed by atoms with Crippen molar-refractivity contribution in [3.8, 4) is 17.0 Å². The number of anilines is 2. The van der Waals surface area contributed by atoms with Gasteiger partial charge in [0, 0.05) is 27.8 Å². The number of carbonyl (C=O) groups is 1. The molecule has 0 bridgehead atoms. The molecule has 34 heavy (non-hydrogen) atoms. The summed E-state index contributed by atoms with van der Waals surface area (Å²) in [5, 5.41) is 22.1. The lowest BCUT2D eigenvalue weighted by Gasteiger charge is -2.06. The zero-order valence-corrected chi connectivity index (χ0v) is 18.8. The Labute approximate surface area is 200 Å². The van der Waals surface area contributed by atoms with Crippen molar-refractivity contribution in [2.45, 2.75) is 0 Å². The van der Waals surface area contributed by atoms with E-state index in [2.05, 4.69) is 20.8 Å². The maximum absolute atomic E-state index is 12.5. The number of thiazole rings is 1. The number of hydrogen-bond donors (Lipinski definition) is 3. The molecule has 5 rings (SSSR count). The molecule has 166 valence electrons. The van der Waals surface area contributed by atoms with E-state index >= 15 is 0 Å². The van der Waals surface area contributed by atoms with Gasteiger partial charge in [0.15, 0.2) is 5.13 Å². The minimum atomic E-state index is -0.344. The second kappa shape index (κ2) is 9.56. The minimum Gasteiger partial charge on any atom is -0.507 e. The number of benzene rings is 4. The maximum Gasteiger partial charge on any atom is 0.271 e. The molecule has 0 fully saturated rings. The van der Waals surface area contributed by atoms with Gasteiger partial charge >= 0.3 is 0 Å². The molecule has 1 heterocycles. The molecule has 4 aromatic carbocycles. The van der Waals surface area contributed by atoms with Gasteiger partial charge in [0.2, 0.25) is 0 Å². The first kappa shape index (κ1) is 21.4. The number of fused-ring (bicyclic) bond motifs is 1. The van der Waals surface area contributed by atoms with E-state index in [9.17, 15) is 9.90 Å². The van der Waals surface area contributed by atoms with Gasteiger partial charge in [-0.2, -0.15) is 5.10 Å². The highest BCUT2D eigenvalue weighted by atomic mass is 32.1. The fourth-order valence-corrected chi connectivity index (χ4v) is 4.28. The van der Waals surface area contributed by atoms with E-state index in [-0.39, 0.29) is 11.7 Å². The van der Waals surface area contributed by atoms with Gasteiger partial charge in [0.05, 0.1) is 11.9 Å². The van der Waals surface area contributed by atoms with Crippen LogP contribution in [0.25, 0.3) is 22.0 Å². The second-order valence-corrected chi connectivity index (χ2v) is 8.38. The second-order valence-electron chi connectivity index (χ2n) is 7.52. The number of hydrogen-bond acceptors (Lipinski definition) is 6. The summed E-state index contributed by atoms with van der Waals surface area (Å²) in [6, 6.07) is 28.2. The van der Waals surface area contributed by atoms with Gasteiger partial charge in [-0.1, -0.05) is 60.7 Å². The van der Waals surface area contributed by atoms with E-state index < -0.39 is 0 Å². The Morgan fingerprint density at radius 1 is 0.912 bits per heavy atom. The Kier molecular flexibility index (Phi) is 6.01. The van der Waals surface area contributed by atoms with Crippen LogP contribution in [-0.2, 0) is 0 Å². The molecule has 3 N–H and O–H groups in total. The predicted octanol–water partition coefficient (Wildman–Crippen LogP) is 6.18. The van der Waals surface area contributed by atoms with Crippen molar-refractivity contribution in [1.82, 2.24) is 10.4 Å². The number of nitrogens with zero attached hydrogens (tertiary/aromatic N) is 2. The number of aromatic hydroxyl groups is 1. The first-order valence-electron chi connectivity index (χ1n) is 10.6. The molecule has 0 spiro atoms. The highest BCUT2D eigenvalue weighted by Gasteiger charge is 2.08. The van der Waals surface area contributed by atoms with Gasteiger partial charge in [0.1, 0.15) is 5.75 Å². The average Bonchev–Trinajstić information content (AvgIpc) is 3.35. The fourth-order valence-electron chi connectivity index (χ4n) is 3.54. The lowest BCUT2D eigenvalue weighted by atomic mass is 10.0. The topological polar surface area (TPSA) is 86.6 Å². The number of rotatable bonds is 6. The molecule has 6 nitrogen and oxygen atoms in total. The van der Waals surface area contributed by atoms with E-state index in [0.29, 0.717) is 11.1 Å². The van der Waals surface area contributed by atoms with Gasteiger partial charge in [-0.15, -0.1) is 11.3 Å². The third kappa shape index (κ3) is 4.65. The van der Waals surface area contributed by atoms with Crippen LogP contribution in [-0.4, -0.2) is 22.2 Å². The van der Waals surface area contributed by atoms with Gasteiger partial charge in [-0.05, 0) is 41.1 Å². The van der Waals surface area contributed by atoms with Crippen LogP contribution in [0.15, 0.2) is 101 Å². The Morgan fingerprint density at radius 3 is 2.50 bits per heavy atom.